The van der Waals surface area contributed by atoms with Crippen molar-refractivity contribution < 1.29 is 4.74 Å². The first-order valence-electron chi connectivity index (χ1n) is 11.0. The molecule has 0 spiro atoms. The van der Waals surface area contributed by atoms with Gasteiger partial charge in [-0.05, 0) is 112 Å². The van der Waals surface area contributed by atoms with Gasteiger partial charge in [0.05, 0.1) is 0 Å². The zero-order chi connectivity index (χ0) is 17.6. The highest BCUT2D eigenvalue weighted by Crippen LogP contribution is 2.64. The lowest BCUT2D eigenvalue weighted by atomic mass is 9.49. The monoisotopic (exact) mass is 348 g/mol. The van der Waals surface area contributed by atoms with Gasteiger partial charge in [0.25, 0.3) is 0 Å². The molecule has 4 aliphatic rings. The molecule has 4 aliphatic carbocycles. The largest absolute Gasteiger partial charge is 0.384 e. The number of rotatable bonds is 4. The Labute approximate surface area is 154 Å². The van der Waals surface area contributed by atoms with E-state index in [0.29, 0.717) is 11.5 Å². The Hall–Kier alpha value is -0.120. The maximum absolute atomic E-state index is 5.83. The minimum atomic E-state index is 0.465. The lowest BCUT2D eigenvalue weighted by Gasteiger charge is -2.56. The van der Waals surface area contributed by atoms with Crippen molar-refractivity contribution in [3.8, 4) is 0 Å². The Kier molecular flexibility index (Phi) is 5.20. The lowest BCUT2D eigenvalue weighted by Crippen LogP contribution is -2.51. The maximum Gasteiger partial charge on any atom is 0.0490 e. The highest BCUT2D eigenvalue weighted by Gasteiger charge is 2.57. The van der Waals surface area contributed by atoms with Gasteiger partial charge >= 0.3 is 0 Å². The molecule has 0 radical (unpaired) electrons. The van der Waals surface area contributed by atoms with Crippen LogP contribution in [0.1, 0.15) is 71.6 Å². The summed E-state index contributed by atoms with van der Waals surface area (Å²) in [5.41, 5.74) is 3.62. The van der Waals surface area contributed by atoms with E-state index in [-0.39, 0.29) is 0 Å². The Morgan fingerprint density at radius 3 is 2.60 bits per heavy atom. The van der Waals surface area contributed by atoms with Crippen LogP contribution < -0.4 is 11.3 Å². The van der Waals surface area contributed by atoms with Gasteiger partial charge in [0.1, 0.15) is 0 Å². The number of hydrogen-bond donors (Lipinski definition) is 2. The zero-order valence-electron chi connectivity index (χ0n) is 16.7. The summed E-state index contributed by atoms with van der Waals surface area (Å²) in [4.78, 5) is 0. The van der Waals surface area contributed by atoms with Crippen LogP contribution in [0.4, 0.5) is 0 Å². The van der Waals surface area contributed by atoms with Crippen molar-refractivity contribution in [2.24, 2.45) is 52.7 Å². The first-order chi connectivity index (χ1) is 12.1. The van der Waals surface area contributed by atoms with E-state index in [4.69, 9.17) is 10.6 Å². The van der Waals surface area contributed by atoms with E-state index in [2.05, 4.69) is 19.3 Å². The van der Waals surface area contributed by atoms with Crippen LogP contribution in [0.2, 0.25) is 0 Å². The maximum atomic E-state index is 5.83. The standard InChI is InChI=1S/C22H40N2O/c1-14(24-23)20-8-9-21-19-7-5-16-12-15(13-25-3)4-6-17(16)18(19)10-11-22(20,21)2/h14-21,24H,4-13,23H2,1-3H3. The molecule has 3 nitrogen and oxygen atoms in total. The minimum Gasteiger partial charge on any atom is -0.384 e. The number of hydrogen-bond acceptors (Lipinski definition) is 3. The number of ether oxygens (including phenoxy) is 1. The fourth-order valence-corrected chi connectivity index (χ4v) is 8.32. The Bertz CT molecular complexity index is 469. The van der Waals surface area contributed by atoms with Gasteiger partial charge in [-0.2, -0.15) is 0 Å². The third-order valence-electron chi connectivity index (χ3n) is 9.41. The van der Waals surface area contributed by atoms with E-state index in [0.717, 1.165) is 48.0 Å². The predicted molar refractivity (Wildman–Crippen MR) is 103 cm³/mol. The van der Waals surface area contributed by atoms with Crippen molar-refractivity contribution in [3.63, 3.8) is 0 Å². The third kappa shape index (κ3) is 2.99. The van der Waals surface area contributed by atoms with Crippen LogP contribution in [0, 0.1) is 46.8 Å². The average molecular weight is 349 g/mol. The second-order valence-electron chi connectivity index (χ2n) is 10.3. The molecular weight excluding hydrogens is 308 g/mol. The lowest BCUT2D eigenvalue weighted by molar-refractivity contribution is -0.0745. The van der Waals surface area contributed by atoms with Crippen LogP contribution in [-0.4, -0.2) is 19.8 Å². The minimum absolute atomic E-state index is 0.465. The molecule has 0 aromatic carbocycles. The topological polar surface area (TPSA) is 47.3 Å². The molecule has 3 N–H and O–H groups in total. The molecule has 25 heavy (non-hydrogen) atoms. The highest BCUT2D eigenvalue weighted by atomic mass is 16.5. The predicted octanol–water partition coefficient (Wildman–Crippen LogP) is 4.37. The molecule has 0 heterocycles. The van der Waals surface area contributed by atoms with Gasteiger partial charge < -0.3 is 4.74 Å². The summed E-state index contributed by atoms with van der Waals surface area (Å²) in [6.45, 7) is 5.91. The highest BCUT2D eigenvalue weighted by molar-refractivity contribution is 5.07. The second-order valence-corrected chi connectivity index (χ2v) is 10.3. The van der Waals surface area contributed by atoms with Crippen molar-refractivity contribution in [3.05, 3.63) is 0 Å². The van der Waals surface area contributed by atoms with E-state index in [1.165, 1.54) is 57.8 Å². The first kappa shape index (κ1) is 18.3. The van der Waals surface area contributed by atoms with Crippen LogP contribution in [0.5, 0.6) is 0 Å². The summed E-state index contributed by atoms with van der Waals surface area (Å²) in [6.07, 6.45) is 13.1. The van der Waals surface area contributed by atoms with Crippen molar-refractivity contribution in [1.82, 2.24) is 5.43 Å². The molecule has 4 fully saturated rings. The van der Waals surface area contributed by atoms with Crippen LogP contribution in [0.25, 0.3) is 0 Å². The Balaban J connectivity index is 1.48. The molecule has 0 amide bonds. The normalized spacial score (nSPS) is 50.6. The van der Waals surface area contributed by atoms with Crippen molar-refractivity contribution in [2.45, 2.75) is 77.7 Å². The Morgan fingerprint density at radius 1 is 1.04 bits per heavy atom. The van der Waals surface area contributed by atoms with Crippen LogP contribution in [0.3, 0.4) is 0 Å². The molecule has 4 saturated carbocycles. The summed E-state index contributed by atoms with van der Waals surface area (Å²) in [6, 6.07) is 0.465. The number of hydrazine groups is 1. The molecule has 0 aromatic heterocycles. The molecule has 0 bridgehead atoms. The van der Waals surface area contributed by atoms with Gasteiger partial charge in [0, 0.05) is 19.8 Å². The summed E-state index contributed by atoms with van der Waals surface area (Å²) in [5.74, 6) is 12.5. The van der Waals surface area contributed by atoms with Gasteiger partial charge in [-0.3, -0.25) is 11.3 Å². The van der Waals surface area contributed by atoms with Crippen molar-refractivity contribution in [1.29, 1.82) is 0 Å². The van der Waals surface area contributed by atoms with E-state index in [1.54, 1.807) is 0 Å². The average Bonchev–Trinajstić information content (AvgIpc) is 2.98. The fraction of sp³-hybridized carbons (Fsp3) is 1.00. The summed E-state index contributed by atoms with van der Waals surface area (Å²) < 4.78 is 5.47. The van der Waals surface area contributed by atoms with Crippen molar-refractivity contribution in [2.75, 3.05) is 13.7 Å². The zero-order valence-corrected chi connectivity index (χ0v) is 16.7. The number of nitrogens with two attached hydrogens (primary N) is 1. The molecule has 3 heteroatoms. The Morgan fingerprint density at radius 2 is 1.84 bits per heavy atom. The van der Waals surface area contributed by atoms with E-state index >= 15 is 0 Å². The van der Waals surface area contributed by atoms with E-state index < -0.39 is 0 Å². The quantitative estimate of drug-likeness (QED) is 0.586. The van der Waals surface area contributed by atoms with Gasteiger partial charge in [-0.15, -0.1) is 0 Å². The van der Waals surface area contributed by atoms with Crippen LogP contribution >= 0.6 is 0 Å². The summed E-state index contributed by atoms with van der Waals surface area (Å²) in [5, 5.41) is 0. The van der Waals surface area contributed by atoms with Gasteiger partial charge in [0.2, 0.25) is 0 Å². The van der Waals surface area contributed by atoms with Gasteiger partial charge in [-0.25, -0.2) is 0 Å². The molecule has 0 aromatic rings. The van der Waals surface area contributed by atoms with Crippen LogP contribution in [-0.2, 0) is 4.74 Å². The number of nitrogens with one attached hydrogen (secondary N) is 1. The summed E-state index contributed by atoms with van der Waals surface area (Å²) in [7, 11) is 1.87. The van der Waals surface area contributed by atoms with Crippen molar-refractivity contribution >= 4 is 0 Å². The number of methoxy groups -OCH3 is 1. The van der Waals surface area contributed by atoms with E-state index in [9.17, 15) is 0 Å². The molecule has 9 unspecified atom stereocenters. The van der Waals surface area contributed by atoms with Crippen LogP contribution in [0.15, 0.2) is 0 Å². The SMILES string of the molecule is COCC1CCC2C(CCC3C2CCC2(C)C(C(C)NN)CCC32)C1. The van der Waals surface area contributed by atoms with Gasteiger partial charge in [-0.1, -0.05) is 6.92 Å². The van der Waals surface area contributed by atoms with Gasteiger partial charge in [0.15, 0.2) is 0 Å². The summed E-state index contributed by atoms with van der Waals surface area (Å²) >= 11 is 0. The number of fused-ring (bicyclic) bond motifs is 5. The molecule has 9 atom stereocenters. The smallest absolute Gasteiger partial charge is 0.0490 e. The molecule has 4 rings (SSSR count). The fourth-order valence-electron chi connectivity index (χ4n) is 8.32. The molecule has 0 saturated heterocycles. The molecular formula is C22H40N2O. The third-order valence-corrected chi connectivity index (χ3v) is 9.41. The van der Waals surface area contributed by atoms with E-state index in [1.807, 2.05) is 7.11 Å². The molecule has 0 aliphatic heterocycles. The second kappa shape index (κ2) is 7.13. The molecule has 144 valence electrons. The first-order valence-corrected chi connectivity index (χ1v) is 11.0.